The summed E-state index contributed by atoms with van der Waals surface area (Å²) in [6.07, 6.45) is 1.64. The van der Waals surface area contributed by atoms with Crippen molar-refractivity contribution in [2.45, 2.75) is 6.54 Å². The Morgan fingerprint density at radius 1 is 1.50 bits per heavy atom. The molecule has 0 saturated heterocycles. The molecule has 1 amide bonds. The van der Waals surface area contributed by atoms with E-state index in [9.17, 15) is 4.79 Å². The summed E-state index contributed by atoms with van der Waals surface area (Å²) in [6.45, 7) is 0.613. The van der Waals surface area contributed by atoms with Crippen molar-refractivity contribution in [2.75, 3.05) is 19.4 Å². The number of pyridine rings is 1. The summed E-state index contributed by atoms with van der Waals surface area (Å²) < 4.78 is 0. The molecule has 94 valence electrons. The zero-order valence-corrected chi connectivity index (χ0v) is 11.2. The van der Waals surface area contributed by atoms with Gasteiger partial charge in [0.1, 0.15) is 5.69 Å². The van der Waals surface area contributed by atoms with Crippen molar-refractivity contribution in [3.63, 3.8) is 0 Å². The van der Waals surface area contributed by atoms with Crippen molar-refractivity contribution < 1.29 is 4.79 Å². The van der Waals surface area contributed by atoms with Crippen LogP contribution in [0.25, 0.3) is 0 Å². The highest BCUT2D eigenvalue weighted by Gasteiger charge is 2.14. The zero-order valence-electron chi connectivity index (χ0n) is 10.4. The van der Waals surface area contributed by atoms with E-state index in [1.54, 1.807) is 35.5 Å². The summed E-state index contributed by atoms with van der Waals surface area (Å²) in [7, 11) is 3.61. The maximum absolute atomic E-state index is 12.2. The van der Waals surface area contributed by atoms with E-state index >= 15 is 0 Å². The minimum Gasteiger partial charge on any atom is -0.388 e. The Kier molecular flexibility index (Phi) is 3.94. The van der Waals surface area contributed by atoms with Gasteiger partial charge in [0.15, 0.2) is 0 Å². The minimum absolute atomic E-state index is 0.0690. The highest BCUT2D eigenvalue weighted by molar-refractivity contribution is 7.09. The van der Waals surface area contributed by atoms with Gasteiger partial charge < -0.3 is 10.2 Å². The topological polar surface area (TPSA) is 45.2 Å². The second-order valence-electron chi connectivity index (χ2n) is 3.92. The average molecular weight is 261 g/mol. The first kappa shape index (κ1) is 12.6. The number of carbonyl (C=O) groups excluding carboxylic acids is 1. The molecule has 2 aromatic heterocycles. The van der Waals surface area contributed by atoms with E-state index < -0.39 is 0 Å². The summed E-state index contributed by atoms with van der Waals surface area (Å²) in [5.41, 5.74) is 1.35. The van der Waals surface area contributed by atoms with Crippen molar-refractivity contribution >= 4 is 22.9 Å². The lowest BCUT2D eigenvalue weighted by molar-refractivity contribution is 0.0780. The average Bonchev–Trinajstić information content (AvgIpc) is 2.90. The largest absolute Gasteiger partial charge is 0.388 e. The third kappa shape index (κ3) is 2.87. The number of carbonyl (C=O) groups is 1. The lowest BCUT2D eigenvalue weighted by Gasteiger charge is -2.16. The van der Waals surface area contributed by atoms with Gasteiger partial charge >= 0.3 is 0 Å². The predicted molar refractivity (Wildman–Crippen MR) is 73.9 cm³/mol. The Hall–Kier alpha value is -1.88. The number of amides is 1. The van der Waals surface area contributed by atoms with Gasteiger partial charge in [0, 0.05) is 30.9 Å². The fourth-order valence-electron chi connectivity index (χ4n) is 1.61. The van der Waals surface area contributed by atoms with Crippen LogP contribution in [-0.2, 0) is 6.54 Å². The molecule has 1 N–H and O–H groups in total. The Balaban J connectivity index is 2.10. The molecule has 0 saturated carbocycles. The second kappa shape index (κ2) is 5.64. The standard InChI is InChI=1S/C13H15N3OS/c1-14-10-5-6-15-12(8-10)13(17)16(2)9-11-4-3-7-18-11/h3-8H,9H2,1-2H3,(H,14,15). The number of hydrogen-bond donors (Lipinski definition) is 1. The Bertz CT molecular complexity index is 525. The third-order valence-corrected chi connectivity index (χ3v) is 3.45. The molecule has 0 aromatic carbocycles. The van der Waals surface area contributed by atoms with Gasteiger partial charge in [-0.1, -0.05) is 6.07 Å². The quantitative estimate of drug-likeness (QED) is 0.919. The van der Waals surface area contributed by atoms with Crippen LogP contribution < -0.4 is 5.32 Å². The van der Waals surface area contributed by atoms with Crippen molar-refractivity contribution in [1.82, 2.24) is 9.88 Å². The fraction of sp³-hybridized carbons (Fsp3) is 0.231. The van der Waals surface area contributed by atoms with Crippen LogP contribution in [0.3, 0.4) is 0 Å². The van der Waals surface area contributed by atoms with Crippen molar-refractivity contribution in [3.8, 4) is 0 Å². The fourth-order valence-corrected chi connectivity index (χ4v) is 2.36. The van der Waals surface area contributed by atoms with Gasteiger partial charge in [-0.15, -0.1) is 11.3 Å². The monoisotopic (exact) mass is 261 g/mol. The number of nitrogens with zero attached hydrogens (tertiary/aromatic N) is 2. The molecule has 0 unspecified atom stereocenters. The van der Waals surface area contributed by atoms with E-state index in [1.165, 1.54) is 0 Å². The van der Waals surface area contributed by atoms with Gasteiger partial charge in [-0.25, -0.2) is 0 Å². The van der Waals surface area contributed by atoms with Crippen LogP contribution in [0.2, 0.25) is 0 Å². The number of aromatic nitrogens is 1. The molecule has 0 atom stereocenters. The third-order valence-electron chi connectivity index (χ3n) is 2.59. The molecule has 5 heteroatoms. The van der Waals surface area contributed by atoms with E-state index in [0.29, 0.717) is 12.2 Å². The molecule has 0 radical (unpaired) electrons. The van der Waals surface area contributed by atoms with Crippen LogP contribution in [0, 0.1) is 0 Å². The first-order valence-corrected chi connectivity index (χ1v) is 6.50. The van der Waals surface area contributed by atoms with Crippen LogP contribution in [0.5, 0.6) is 0 Å². The molecular formula is C13H15N3OS. The van der Waals surface area contributed by atoms with E-state index in [4.69, 9.17) is 0 Å². The number of nitrogens with one attached hydrogen (secondary N) is 1. The van der Waals surface area contributed by atoms with Gasteiger partial charge in [0.25, 0.3) is 5.91 Å². The van der Waals surface area contributed by atoms with E-state index in [0.717, 1.165) is 10.6 Å². The molecule has 2 aromatic rings. The summed E-state index contributed by atoms with van der Waals surface area (Å²) in [6, 6.07) is 7.59. The Labute approximate surface area is 110 Å². The molecule has 2 heterocycles. The van der Waals surface area contributed by atoms with Gasteiger partial charge in [0.2, 0.25) is 0 Å². The highest BCUT2D eigenvalue weighted by Crippen LogP contribution is 2.13. The lowest BCUT2D eigenvalue weighted by Crippen LogP contribution is -2.26. The summed E-state index contributed by atoms with van der Waals surface area (Å²) >= 11 is 1.64. The molecule has 18 heavy (non-hydrogen) atoms. The summed E-state index contributed by atoms with van der Waals surface area (Å²) in [5.74, 6) is -0.0690. The van der Waals surface area contributed by atoms with Crippen molar-refractivity contribution in [2.24, 2.45) is 0 Å². The van der Waals surface area contributed by atoms with Crippen LogP contribution in [0.4, 0.5) is 5.69 Å². The molecule has 2 rings (SSSR count). The summed E-state index contributed by atoms with van der Waals surface area (Å²) in [4.78, 5) is 19.1. The lowest BCUT2D eigenvalue weighted by atomic mass is 10.3. The predicted octanol–water partition coefficient (Wildman–Crippen LogP) is 2.46. The van der Waals surface area contributed by atoms with Gasteiger partial charge in [-0.3, -0.25) is 9.78 Å². The highest BCUT2D eigenvalue weighted by atomic mass is 32.1. The molecular weight excluding hydrogens is 246 g/mol. The Morgan fingerprint density at radius 3 is 3.00 bits per heavy atom. The first-order chi connectivity index (χ1) is 8.70. The molecule has 0 bridgehead atoms. The second-order valence-corrected chi connectivity index (χ2v) is 4.95. The smallest absolute Gasteiger partial charge is 0.272 e. The number of thiophene rings is 1. The summed E-state index contributed by atoms with van der Waals surface area (Å²) in [5, 5.41) is 5.01. The first-order valence-electron chi connectivity index (χ1n) is 5.62. The zero-order chi connectivity index (χ0) is 13.0. The van der Waals surface area contributed by atoms with E-state index in [2.05, 4.69) is 10.3 Å². The van der Waals surface area contributed by atoms with E-state index in [-0.39, 0.29) is 5.91 Å². The molecule has 0 aliphatic heterocycles. The SMILES string of the molecule is CNc1ccnc(C(=O)N(C)Cc2cccs2)c1. The molecule has 0 spiro atoms. The Morgan fingerprint density at radius 2 is 2.33 bits per heavy atom. The molecule has 0 aliphatic carbocycles. The van der Waals surface area contributed by atoms with Crippen LogP contribution in [-0.4, -0.2) is 29.9 Å². The number of hydrogen-bond acceptors (Lipinski definition) is 4. The maximum atomic E-state index is 12.2. The molecule has 0 fully saturated rings. The van der Waals surface area contributed by atoms with Crippen LogP contribution in [0.15, 0.2) is 35.8 Å². The maximum Gasteiger partial charge on any atom is 0.272 e. The molecule has 4 nitrogen and oxygen atoms in total. The van der Waals surface area contributed by atoms with Gasteiger partial charge in [-0.05, 0) is 23.6 Å². The number of anilines is 1. The van der Waals surface area contributed by atoms with Gasteiger partial charge in [0.05, 0.1) is 6.54 Å². The van der Waals surface area contributed by atoms with Crippen LogP contribution >= 0.6 is 11.3 Å². The van der Waals surface area contributed by atoms with Gasteiger partial charge in [-0.2, -0.15) is 0 Å². The normalized spacial score (nSPS) is 10.1. The molecule has 0 aliphatic rings. The van der Waals surface area contributed by atoms with Crippen molar-refractivity contribution in [1.29, 1.82) is 0 Å². The van der Waals surface area contributed by atoms with Crippen LogP contribution in [0.1, 0.15) is 15.4 Å². The van der Waals surface area contributed by atoms with E-state index in [1.807, 2.05) is 30.6 Å². The van der Waals surface area contributed by atoms with Crippen molar-refractivity contribution in [3.05, 3.63) is 46.4 Å². The minimum atomic E-state index is -0.0690. The number of rotatable bonds is 4.